The van der Waals surface area contributed by atoms with E-state index >= 15 is 0 Å². The second-order valence-electron chi connectivity index (χ2n) is 3.78. The lowest BCUT2D eigenvalue weighted by atomic mass is 10.1. The Hall–Kier alpha value is -0.970. The molecule has 16 heavy (non-hydrogen) atoms. The molecule has 1 heterocycles. The molecule has 4 heteroatoms. The van der Waals surface area contributed by atoms with Crippen molar-refractivity contribution in [3.8, 4) is 0 Å². The SMILES string of the molecule is COCCCOC(c1cccnc1)C(C)N. The third-order valence-electron chi connectivity index (χ3n) is 2.28. The molecule has 0 bridgehead atoms. The van der Waals surface area contributed by atoms with Crippen LogP contribution in [0.3, 0.4) is 0 Å². The summed E-state index contributed by atoms with van der Waals surface area (Å²) < 4.78 is 10.7. The summed E-state index contributed by atoms with van der Waals surface area (Å²) in [4.78, 5) is 4.07. The average Bonchev–Trinajstić information content (AvgIpc) is 2.30. The number of nitrogens with two attached hydrogens (primary N) is 1. The summed E-state index contributed by atoms with van der Waals surface area (Å²) >= 11 is 0. The van der Waals surface area contributed by atoms with Gasteiger partial charge in [-0.25, -0.2) is 0 Å². The van der Waals surface area contributed by atoms with E-state index in [0.717, 1.165) is 12.0 Å². The van der Waals surface area contributed by atoms with Gasteiger partial charge in [-0.15, -0.1) is 0 Å². The zero-order chi connectivity index (χ0) is 11.8. The summed E-state index contributed by atoms with van der Waals surface area (Å²) in [5.74, 6) is 0. The number of aromatic nitrogens is 1. The fourth-order valence-corrected chi connectivity index (χ4v) is 1.51. The number of hydrogen-bond acceptors (Lipinski definition) is 4. The van der Waals surface area contributed by atoms with Crippen LogP contribution in [0.5, 0.6) is 0 Å². The zero-order valence-electron chi connectivity index (χ0n) is 9.93. The lowest BCUT2D eigenvalue weighted by molar-refractivity contribution is 0.0262. The van der Waals surface area contributed by atoms with Crippen molar-refractivity contribution in [2.45, 2.75) is 25.5 Å². The second-order valence-corrected chi connectivity index (χ2v) is 3.78. The standard InChI is InChI=1S/C12H20N2O2/c1-10(13)12(16-8-4-7-15-2)11-5-3-6-14-9-11/h3,5-6,9-10,12H,4,7-8,13H2,1-2H3. The van der Waals surface area contributed by atoms with E-state index in [9.17, 15) is 0 Å². The Labute approximate surface area is 96.8 Å². The van der Waals surface area contributed by atoms with Gasteiger partial charge in [0.25, 0.3) is 0 Å². The van der Waals surface area contributed by atoms with Gasteiger partial charge in [0.15, 0.2) is 0 Å². The van der Waals surface area contributed by atoms with Crippen LogP contribution >= 0.6 is 0 Å². The van der Waals surface area contributed by atoms with Gasteiger partial charge in [0.05, 0.1) is 6.10 Å². The molecular formula is C12H20N2O2. The molecule has 0 aliphatic carbocycles. The van der Waals surface area contributed by atoms with Gasteiger partial charge >= 0.3 is 0 Å². The number of ether oxygens (including phenoxy) is 2. The van der Waals surface area contributed by atoms with Crippen molar-refractivity contribution in [2.24, 2.45) is 5.73 Å². The molecule has 0 aromatic carbocycles. The first-order valence-electron chi connectivity index (χ1n) is 5.51. The largest absolute Gasteiger partial charge is 0.385 e. The lowest BCUT2D eigenvalue weighted by Gasteiger charge is -2.21. The first-order valence-corrected chi connectivity index (χ1v) is 5.51. The highest BCUT2D eigenvalue weighted by atomic mass is 16.5. The van der Waals surface area contributed by atoms with Gasteiger partial charge in [-0.1, -0.05) is 6.07 Å². The van der Waals surface area contributed by atoms with Crippen molar-refractivity contribution in [1.82, 2.24) is 4.98 Å². The van der Waals surface area contributed by atoms with Gasteiger partial charge in [0, 0.05) is 44.3 Å². The summed E-state index contributed by atoms with van der Waals surface area (Å²) in [5.41, 5.74) is 6.92. The molecule has 0 aliphatic rings. The average molecular weight is 224 g/mol. The summed E-state index contributed by atoms with van der Waals surface area (Å²) in [6.45, 7) is 3.29. The molecule has 4 nitrogen and oxygen atoms in total. The van der Waals surface area contributed by atoms with E-state index in [-0.39, 0.29) is 12.1 Å². The normalized spacial score (nSPS) is 14.7. The van der Waals surface area contributed by atoms with E-state index in [1.54, 1.807) is 19.5 Å². The highest BCUT2D eigenvalue weighted by Crippen LogP contribution is 2.19. The molecule has 0 saturated heterocycles. The van der Waals surface area contributed by atoms with E-state index < -0.39 is 0 Å². The third-order valence-corrected chi connectivity index (χ3v) is 2.28. The fourth-order valence-electron chi connectivity index (χ4n) is 1.51. The molecule has 1 rings (SSSR count). The molecule has 0 radical (unpaired) electrons. The Balaban J connectivity index is 2.49. The van der Waals surface area contributed by atoms with Crippen LogP contribution in [0.15, 0.2) is 24.5 Å². The van der Waals surface area contributed by atoms with Gasteiger partial charge < -0.3 is 15.2 Å². The highest BCUT2D eigenvalue weighted by molar-refractivity contribution is 5.13. The number of pyridine rings is 1. The van der Waals surface area contributed by atoms with Crippen molar-refractivity contribution in [3.63, 3.8) is 0 Å². The van der Waals surface area contributed by atoms with Crippen molar-refractivity contribution in [3.05, 3.63) is 30.1 Å². The minimum absolute atomic E-state index is 0.0493. The van der Waals surface area contributed by atoms with Gasteiger partial charge in [-0.3, -0.25) is 4.98 Å². The highest BCUT2D eigenvalue weighted by Gasteiger charge is 2.16. The third kappa shape index (κ3) is 4.26. The van der Waals surface area contributed by atoms with Gasteiger partial charge in [0.2, 0.25) is 0 Å². The minimum Gasteiger partial charge on any atom is -0.385 e. The van der Waals surface area contributed by atoms with Crippen LogP contribution in [-0.4, -0.2) is 31.3 Å². The van der Waals surface area contributed by atoms with E-state index in [1.165, 1.54) is 0 Å². The topological polar surface area (TPSA) is 57.4 Å². The van der Waals surface area contributed by atoms with Gasteiger partial charge in [0.1, 0.15) is 0 Å². The van der Waals surface area contributed by atoms with E-state index in [2.05, 4.69) is 4.98 Å². The molecule has 0 spiro atoms. The lowest BCUT2D eigenvalue weighted by Crippen LogP contribution is -2.27. The molecule has 0 amide bonds. The summed E-state index contributed by atoms with van der Waals surface area (Å²) in [6.07, 6.45) is 4.32. The van der Waals surface area contributed by atoms with Crippen molar-refractivity contribution >= 4 is 0 Å². The summed E-state index contributed by atoms with van der Waals surface area (Å²) in [6, 6.07) is 3.83. The predicted octanol–water partition coefficient (Wildman–Crippen LogP) is 1.52. The summed E-state index contributed by atoms with van der Waals surface area (Å²) in [7, 11) is 1.68. The van der Waals surface area contributed by atoms with Gasteiger partial charge in [-0.05, 0) is 19.4 Å². The van der Waals surface area contributed by atoms with Crippen molar-refractivity contribution in [2.75, 3.05) is 20.3 Å². The quantitative estimate of drug-likeness (QED) is 0.713. The van der Waals surface area contributed by atoms with Crippen LogP contribution in [0.25, 0.3) is 0 Å². The van der Waals surface area contributed by atoms with Gasteiger partial charge in [-0.2, -0.15) is 0 Å². The summed E-state index contributed by atoms with van der Waals surface area (Å²) in [5, 5.41) is 0. The monoisotopic (exact) mass is 224 g/mol. The molecule has 2 atom stereocenters. The minimum atomic E-state index is -0.0921. The Morgan fingerprint density at radius 2 is 2.25 bits per heavy atom. The van der Waals surface area contributed by atoms with Crippen LogP contribution < -0.4 is 5.73 Å². The molecular weight excluding hydrogens is 204 g/mol. The van der Waals surface area contributed by atoms with Crippen LogP contribution in [0.4, 0.5) is 0 Å². The smallest absolute Gasteiger partial charge is 0.0987 e. The Morgan fingerprint density at radius 1 is 1.44 bits per heavy atom. The maximum Gasteiger partial charge on any atom is 0.0987 e. The number of nitrogens with zero attached hydrogens (tertiary/aromatic N) is 1. The van der Waals surface area contributed by atoms with Crippen LogP contribution in [0.2, 0.25) is 0 Å². The maximum absolute atomic E-state index is 5.90. The van der Waals surface area contributed by atoms with Crippen molar-refractivity contribution in [1.29, 1.82) is 0 Å². The van der Waals surface area contributed by atoms with Crippen LogP contribution in [0, 0.1) is 0 Å². The number of rotatable bonds is 7. The molecule has 1 aromatic rings. The molecule has 2 unspecified atom stereocenters. The second kappa shape index (κ2) is 7.33. The Bertz CT molecular complexity index is 278. The van der Waals surface area contributed by atoms with Crippen LogP contribution in [0.1, 0.15) is 25.0 Å². The van der Waals surface area contributed by atoms with Crippen LogP contribution in [-0.2, 0) is 9.47 Å². The zero-order valence-corrected chi connectivity index (χ0v) is 9.93. The molecule has 0 saturated carbocycles. The first-order chi connectivity index (χ1) is 7.75. The predicted molar refractivity (Wildman–Crippen MR) is 63.1 cm³/mol. The van der Waals surface area contributed by atoms with E-state index in [4.69, 9.17) is 15.2 Å². The number of hydrogen-bond donors (Lipinski definition) is 1. The maximum atomic E-state index is 5.90. The Kier molecular flexibility index (Phi) is 6.00. The first kappa shape index (κ1) is 13.1. The fraction of sp³-hybridized carbons (Fsp3) is 0.583. The number of methoxy groups -OCH3 is 1. The molecule has 2 N–H and O–H groups in total. The van der Waals surface area contributed by atoms with E-state index in [1.807, 2.05) is 19.1 Å². The molecule has 0 aliphatic heterocycles. The Morgan fingerprint density at radius 3 is 2.81 bits per heavy atom. The van der Waals surface area contributed by atoms with Crippen molar-refractivity contribution < 1.29 is 9.47 Å². The van der Waals surface area contributed by atoms with E-state index in [0.29, 0.717) is 13.2 Å². The molecule has 90 valence electrons. The molecule has 0 fully saturated rings. The molecule has 1 aromatic heterocycles.